The van der Waals surface area contributed by atoms with Crippen molar-refractivity contribution in [3.63, 3.8) is 0 Å². The highest BCUT2D eigenvalue weighted by Gasteiger charge is 2.15. The van der Waals surface area contributed by atoms with Crippen molar-refractivity contribution in [2.45, 2.75) is 5.16 Å². The first-order chi connectivity index (χ1) is 13.5. The molecule has 9 heteroatoms. The Kier molecular flexibility index (Phi) is 4.74. The summed E-state index contributed by atoms with van der Waals surface area (Å²) < 4.78 is 26.4. The molecule has 6 nitrogen and oxygen atoms in total. The van der Waals surface area contributed by atoms with Crippen LogP contribution in [0, 0.1) is 11.6 Å². The normalized spacial score (nSPS) is 11.1. The average molecular weight is 398 g/mol. The summed E-state index contributed by atoms with van der Waals surface area (Å²) in [6, 6.07) is 10.5. The minimum absolute atomic E-state index is 0.0526. The number of carbonyl (C=O) groups is 1. The third-order valence-corrected chi connectivity index (χ3v) is 4.96. The summed E-state index contributed by atoms with van der Waals surface area (Å²) >= 11 is 1.03. The molecule has 0 unspecified atom stereocenters. The molecule has 0 aliphatic rings. The van der Waals surface area contributed by atoms with Gasteiger partial charge in [0.05, 0.1) is 5.75 Å². The van der Waals surface area contributed by atoms with E-state index >= 15 is 0 Å². The standard InChI is InChI=1S/C19H12F2N4O2S/c20-13-6-5-10(7-14(13)21)17-18(27)23-19(25-24-17)28-9-16(26)12-8-22-15-4-2-1-3-11(12)15/h1-8,22H,9H2,(H,23,25,27). The Bertz CT molecular complexity index is 1250. The van der Waals surface area contributed by atoms with Crippen LogP contribution in [0.5, 0.6) is 0 Å². The van der Waals surface area contributed by atoms with Gasteiger partial charge in [-0.3, -0.25) is 14.6 Å². The topological polar surface area (TPSA) is 91.5 Å². The van der Waals surface area contributed by atoms with Crippen molar-refractivity contribution in [1.82, 2.24) is 20.2 Å². The van der Waals surface area contributed by atoms with Gasteiger partial charge in [0.1, 0.15) is 0 Å². The van der Waals surface area contributed by atoms with Crippen LogP contribution in [0.3, 0.4) is 0 Å². The number of hydrogen-bond acceptors (Lipinski definition) is 5. The predicted octanol–water partition coefficient (Wildman–Crippen LogP) is 3.57. The van der Waals surface area contributed by atoms with Gasteiger partial charge in [-0.1, -0.05) is 30.0 Å². The van der Waals surface area contributed by atoms with Gasteiger partial charge in [-0.05, 0) is 24.3 Å². The summed E-state index contributed by atoms with van der Waals surface area (Å²) in [5, 5.41) is 8.63. The van der Waals surface area contributed by atoms with Crippen molar-refractivity contribution >= 4 is 28.4 Å². The zero-order chi connectivity index (χ0) is 19.7. The number of thioether (sulfide) groups is 1. The zero-order valence-corrected chi connectivity index (χ0v) is 15.0. The fourth-order valence-electron chi connectivity index (χ4n) is 2.73. The lowest BCUT2D eigenvalue weighted by Gasteiger charge is -2.03. The van der Waals surface area contributed by atoms with E-state index in [0.717, 1.165) is 34.8 Å². The number of nitrogens with one attached hydrogen (secondary N) is 2. The number of rotatable bonds is 5. The van der Waals surface area contributed by atoms with E-state index in [9.17, 15) is 18.4 Å². The van der Waals surface area contributed by atoms with Crippen LogP contribution < -0.4 is 5.56 Å². The second-order valence-corrected chi connectivity index (χ2v) is 6.86. The number of nitrogens with zero attached hydrogens (tertiary/aromatic N) is 2. The highest BCUT2D eigenvalue weighted by atomic mass is 32.2. The lowest BCUT2D eigenvalue weighted by molar-refractivity contribution is 0.102. The van der Waals surface area contributed by atoms with Crippen LogP contribution in [0.2, 0.25) is 0 Å². The maximum absolute atomic E-state index is 13.4. The number of benzene rings is 2. The number of aromatic amines is 2. The first-order valence-corrected chi connectivity index (χ1v) is 9.16. The number of halogens is 2. The number of Topliss-reactive ketones (excluding diaryl/α,β-unsaturated/α-hetero) is 1. The molecule has 0 aliphatic carbocycles. The molecule has 28 heavy (non-hydrogen) atoms. The van der Waals surface area contributed by atoms with Crippen molar-refractivity contribution in [2.75, 3.05) is 5.75 Å². The summed E-state index contributed by atoms with van der Waals surface area (Å²) in [5.74, 6) is -2.18. The van der Waals surface area contributed by atoms with Crippen molar-refractivity contribution in [3.05, 3.63) is 76.2 Å². The zero-order valence-electron chi connectivity index (χ0n) is 14.2. The van der Waals surface area contributed by atoms with E-state index in [1.165, 1.54) is 6.07 Å². The Balaban J connectivity index is 1.51. The quantitative estimate of drug-likeness (QED) is 0.396. The second-order valence-electron chi connectivity index (χ2n) is 5.90. The predicted molar refractivity (Wildman–Crippen MR) is 101 cm³/mol. The van der Waals surface area contributed by atoms with Gasteiger partial charge < -0.3 is 4.98 Å². The largest absolute Gasteiger partial charge is 0.360 e. The third kappa shape index (κ3) is 3.44. The maximum Gasteiger partial charge on any atom is 0.278 e. The van der Waals surface area contributed by atoms with Crippen LogP contribution in [0.1, 0.15) is 10.4 Å². The number of carbonyl (C=O) groups excluding carboxylic acids is 1. The summed E-state index contributed by atoms with van der Waals surface area (Å²) in [6.45, 7) is 0. The number of H-pyrrole nitrogens is 2. The molecule has 0 fully saturated rings. The first-order valence-electron chi connectivity index (χ1n) is 8.17. The molecule has 0 atom stereocenters. The van der Waals surface area contributed by atoms with Gasteiger partial charge >= 0.3 is 0 Å². The lowest BCUT2D eigenvalue weighted by atomic mass is 10.1. The van der Waals surface area contributed by atoms with Crippen LogP contribution in [0.15, 0.2) is 58.6 Å². The number of fused-ring (bicyclic) bond motifs is 1. The molecule has 0 bridgehead atoms. The second kappa shape index (κ2) is 7.35. The molecule has 0 spiro atoms. The summed E-state index contributed by atoms with van der Waals surface area (Å²) in [4.78, 5) is 30.2. The fraction of sp³-hybridized carbons (Fsp3) is 0.0526. The lowest BCUT2D eigenvalue weighted by Crippen LogP contribution is -2.15. The molecule has 2 heterocycles. The molecular weight excluding hydrogens is 386 g/mol. The SMILES string of the molecule is O=C(CSc1nnc(-c2ccc(F)c(F)c2)c(=O)[nH]1)c1c[nH]c2ccccc12. The Morgan fingerprint density at radius 3 is 2.68 bits per heavy atom. The minimum atomic E-state index is -1.08. The number of ketones is 1. The molecule has 4 rings (SSSR count). The van der Waals surface area contributed by atoms with E-state index in [1.54, 1.807) is 6.20 Å². The molecule has 0 radical (unpaired) electrons. The summed E-state index contributed by atoms with van der Waals surface area (Å²) in [7, 11) is 0. The van der Waals surface area contributed by atoms with Gasteiger partial charge in [0.15, 0.2) is 28.3 Å². The van der Waals surface area contributed by atoms with Gasteiger partial charge in [-0.15, -0.1) is 10.2 Å². The Morgan fingerprint density at radius 2 is 1.89 bits per heavy atom. The minimum Gasteiger partial charge on any atom is -0.360 e. The van der Waals surface area contributed by atoms with Crippen molar-refractivity contribution in [3.8, 4) is 11.3 Å². The molecule has 0 amide bonds. The van der Waals surface area contributed by atoms with E-state index in [0.29, 0.717) is 5.56 Å². The molecule has 2 N–H and O–H groups in total. The monoisotopic (exact) mass is 398 g/mol. The molecule has 140 valence electrons. The highest BCUT2D eigenvalue weighted by Crippen LogP contribution is 2.21. The van der Waals surface area contributed by atoms with Crippen molar-refractivity contribution in [1.29, 1.82) is 0 Å². The first kappa shape index (κ1) is 18.1. The van der Waals surface area contributed by atoms with Crippen LogP contribution in [-0.4, -0.2) is 31.7 Å². The van der Waals surface area contributed by atoms with E-state index in [2.05, 4.69) is 20.2 Å². The summed E-state index contributed by atoms with van der Waals surface area (Å²) in [6.07, 6.45) is 1.65. The maximum atomic E-state index is 13.4. The van der Waals surface area contributed by atoms with Gasteiger partial charge in [-0.25, -0.2) is 8.78 Å². The molecular formula is C19H12F2N4O2S. The smallest absolute Gasteiger partial charge is 0.278 e. The van der Waals surface area contributed by atoms with Crippen LogP contribution >= 0.6 is 11.8 Å². The van der Waals surface area contributed by atoms with E-state index in [-0.39, 0.29) is 27.9 Å². The molecule has 0 saturated heterocycles. The average Bonchev–Trinajstić information content (AvgIpc) is 3.13. The molecule has 2 aromatic heterocycles. The van der Waals surface area contributed by atoms with Crippen LogP contribution in [0.25, 0.3) is 22.2 Å². The molecule has 4 aromatic rings. The van der Waals surface area contributed by atoms with Crippen LogP contribution in [0.4, 0.5) is 8.78 Å². The van der Waals surface area contributed by atoms with Crippen molar-refractivity contribution < 1.29 is 13.6 Å². The Morgan fingerprint density at radius 1 is 1.07 bits per heavy atom. The van der Waals surface area contributed by atoms with Crippen LogP contribution in [-0.2, 0) is 0 Å². The fourth-order valence-corrected chi connectivity index (χ4v) is 3.42. The molecule has 2 aromatic carbocycles. The molecule has 0 saturated carbocycles. The number of aromatic nitrogens is 4. The van der Waals surface area contributed by atoms with Gasteiger partial charge in [0.25, 0.3) is 5.56 Å². The van der Waals surface area contributed by atoms with Gasteiger partial charge in [0.2, 0.25) is 0 Å². The highest BCUT2D eigenvalue weighted by molar-refractivity contribution is 7.99. The Hall–Kier alpha value is -3.33. The third-order valence-electron chi connectivity index (χ3n) is 4.10. The summed E-state index contributed by atoms with van der Waals surface area (Å²) in [5.41, 5.74) is 0.782. The van der Waals surface area contributed by atoms with Gasteiger partial charge in [-0.2, -0.15) is 0 Å². The number of para-hydroxylation sites is 1. The van der Waals surface area contributed by atoms with Gasteiger partial charge in [0, 0.05) is 28.2 Å². The Labute approximate surface area is 161 Å². The number of hydrogen-bond donors (Lipinski definition) is 2. The van der Waals surface area contributed by atoms with Crippen molar-refractivity contribution in [2.24, 2.45) is 0 Å². The molecule has 0 aliphatic heterocycles. The van der Waals surface area contributed by atoms with E-state index in [1.807, 2.05) is 24.3 Å². The van der Waals surface area contributed by atoms with E-state index in [4.69, 9.17) is 0 Å². The van der Waals surface area contributed by atoms with E-state index < -0.39 is 17.2 Å².